The van der Waals surface area contributed by atoms with Crippen LogP contribution in [0.2, 0.25) is 0 Å². The first-order valence-electron chi connectivity index (χ1n) is 9.60. The van der Waals surface area contributed by atoms with Crippen molar-refractivity contribution in [1.29, 1.82) is 0 Å². The first-order chi connectivity index (χ1) is 13.5. The fourth-order valence-corrected chi connectivity index (χ4v) is 2.78. The zero-order valence-electron chi connectivity index (χ0n) is 16.7. The summed E-state index contributed by atoms with van der Waals surface area (Å²) < 4.78 is 11.4. The Morgan fingerprint density at radius 3 is 2.64 bits per heavy atom. The summed E-state index contributed by atoms with van der Waals surface area (Å²) in [7, 11) is 0. The van der Waals surface area contributed by atoms with Crippen LogP contribution in [0.4, 0.5) is 5.69 Å². The minimum Gasteiger partial charge on any atom is -0.493 e. The van der Waals surface area contributed by atoms with Gasteiger partial charge in [-0.2, -0.15) is 0 Å². The van der Waals surface area contributed by atoms with E-state index in [1.165, 1.54) is 0 Å². The third kappa shape index (κ3) is 7.19. The van der Waals surface area contributed by atoms with Crippen molar-refractivity contribution in [3.05, 3.63) is 54.1 Å². The average molecular weight is 401 g/mol. The summed E-state index contributed by atoms with van der Waals surface area (Å²) >= 11 is 5.28. The molecule has 6 heteroatoms. The van der Waals surface area contributed by atoms with Crippen molar-refractivity contribution in [2.45, 2.75) is 46.1 Å². The topological polar surface area (TPSA) is 59.6 Å². The molecule has 28 heavy (non-hydrogen) atoms. The van der Waals surface area contributed by atoms with Gasteiger partial charge in [0, 0.05) is 11.8 Å². The highest BCUT2D eigenvalue weighted by Crippen LogP contribution is 2.20. The summed E-state index contributed by atoms with van der Waals surface area (Å²) in [5.74, 6) is 0.990. The molecule has 0 aromatic heterocycles. The normalized spacial score (nSPS) is 10.4. The number of carbonyl (C=O) groups excluding carboxylic acids is 1. The number of unbranched alkanes of at least 4 members (excludes halogenated alkanes) is 2. The summed E-state index contributed by atoms with van der Waals surface area (Å²) in [5, 5.41) is 5.94. The first kappa shape index (κ1) is 21.7. The summed E-state index contributed by atoms with van der Waals surface area (Å²) in [6.07, 6.45) is 3.26. The van der Waals surface area contributed by atoms with Gasteiger partial charge in [-0.3, -0.25) is 10.1 Å². The molecule has 0 atom stereocenters. The Hall–Kier alpha value is -2.60. The number of rotatable bonds is 9. The molecule has 0 aliphatic rings. The molecule has 2 aromatic carbocycles. The summed E-state index contributed by atoms with van der Waals surface area (Å²) in [4.78, 5) is 12.6. The van der Waals surface area contributed by atoms with E-state index >= 15 is 0 Å². The number of thiocarbonyl (C=S) groups is 1. The molecule has 0 saturated carbocycles. The molecule has 0 heterocycles. The van der Waals surface area contributed by atoms with Crippen LogP contribution >= 0.6 is 12.2 Å². The average Bonchev–Trinajstić information content (AvgIpc) is 2.65. The zero-order chi connectivity index (χ0) is 20.4. The summed E-state index contributed by atoms with van der Waals surface area (Å²) in [5.41, 5.74) is 1.20. The van der Waals surface area contributed by atoms with Crippen molar-refractivity contribution in [1.82, 2.24) is 5.32 Å². The van der Waals surface area contributed by atoms with Crippen LogP contribution in [0.1, 0.15) is 50.4 Å². The van der Waals surface area contributed by atoms with Crippen LogP contribution < -0.4 is 20.1 Å². The highest BCUT2D eigenvalue weighted by molar-refractivity contribution is 7.80. The standard InChI is InChI=1S/C22H28N2O3S/c1-4-5-8-14-26-20-13-7-6-12-19(20)21(25)24-22(28)23-17-10-9-11-18(15-17)27-16(2)3/h6-7,9-13,15-16H,4-5,8,14H2,1-3H3,(H2,23,24,25,28). The molecule has 5 nitrogen and oxygen atoms in total. The summed E-state index contributed by atoms with van der Waals surface area (Å²) in [6, 6.07) is 14.6. The third-order valence-electron chi connectivity index (χ3n) is 3.83. The molecule has 2 N–H and O–H groups in total. The van der Waals surface area contributed by atoms with Crippen molar-refractivity contribution < 1.29 is 14.3 Å². The SMILES string of the molecule is CCCCCOc1ccccc1C(=O)NC(=S)Nc1cccc(OC(C)C)c1. The number of ether oxygens (including phenoxy) is 2. The van der Waals surface area contributed by atoms with E-state index in [1.807, 2.05) is 44.2 Å². The van der Waals surface area contributed by atoms with E-state index in [2.05, 4.69) is 17.6 Å². The van der Waals surface area contributed by atoms with Gasteiger partial charge in [-0.15, -0.1) is 0 Å². The maximum Gasteiger partial charge on any atom is 0.261 e. The van der Waals surface area contributed by atoms with Gasteiger partial charge in [-0.25, -0.2) is 0 Å². The van der Waals surface area contributed by atoms with E-state index in [9.17, 15) is 4.79 Å². The predicted molar refractivity (Wildman–Crippen MR) is 117 cm³/mol. The van der Waals surface area contributed by atoms with Gasteiger partial charge >= 0.3 is 0 Å². The van der Waals surface area contributed by atoms with E-state index in [0.717, 1.165) is 30.7 Å². The van der Waals surface area contributed by atoms with Gasteiger partial charge in [0.05, 0.1) is 18.3 Å². The first-order valence-corrected chi connectivity index (χ1v) is 10.0. The van der Waals surface area contributed by atoms with E-state index in [1.54, 1.807) is 18.2 Å². The van der Waals surface area contributed by atoms with Crippen molar-refractivity contribution >= 4 is 28.9 Å². The molecular weight excluding hydrogens is 372 g/mol. The summed E-state index contributed by atoms with van der Waals surface area (Å²) in [6.45, 7) is 6.66. The Kier molecular flexibility index (Phi) is 8.75. The van der Waals surface area contributed by atoms with Crippen LogP contribution in [0.25, 0.3) is 0 Å². The van der Waals surface area contributed by atoms with E-state index in [-0.39, 0.29) is 17.1 Å². The van der Waals surface area contributed by atoms with Gasteiger partial charge < -0.3 is 14.8 Å². The van der Waals surface area contributed by atoms with Crippen LogP contribution in [0.5, 0.6) is 11.5 Å². The lowest BCUT2D eigenvalue weighted by Crippen LogP contribution is -2.34. The Balaban J connectivity index is 1.96. The number of amides is 1. The maximum absolute atomic E-state index is 12.6. The highest BCUT2D eigenvalue weighted by Gasteiger charge is 2.13. The second-order valence-electron chi connectivity index (χ2n) is 6.65. The van der Waals surface area contributed by atoms with Gasteiger partial charge in [0.25, 0.3) is 5.91 Å². The molecule has 0 aliphatic carbocycles. The molecule has 0 unspecified atom stereocenters. The van der Waals surface area contributed by atoms with Crippen LogP contribution in [-0.2, 0) is 0 Å². The third-order valence-corrected chi connectivity index (χ3v) is 4.03. The second-order valence-corrected chi connectivity index (χ2v) is 7.06. The Bertz CT molecular complexity index is 793. The number of nitrogens with one attached hydrogen (secondary N) is 2. The number of para-hydroxylation sites is 1. The Morgan fingerprint density at radius 2 is 1.89 bits per heavy atom. The van der Waals surface area contributed by atoms with Gasteiger partial charge in [0.2, 0.25) is 0 Å². The molecule has 0 spiro atoms. The molecule has 150 valence electrons. The molecule has 1 amide bonds. The smallest absolute Gasteiger partial charge is 0.261 e. The number of benzene rings is 2. The quantitative estimate of drug-likeness (QED) is 0.449. The lowest BCUT2D eigenvalue weighted by molar-refractivity contribution is 0.0973. The molecule has 0 radical (unpaired) electrons. The molecule has 0 fully saturated rings. The minimum atomic E-state index is -0.307. The second kappa shape index (κ2) is 11.3. The monoisotopic (exact) mass is 400 g/mol. The largest absolute Gasteiger partial charge is 0.493 e. The Morgan fingerprint density at radius 1 is 1.11 bits per heavy atom. The van der Waals surface area contributed by atoms with Crippen LogP contribution in [0, 0.1) is 0 Å². The van der Waals surface area contributed by atoms with Gasteiger partial charge in [-0.1, -0.05) is 38.0 Å². The molecule has 2 rings (SSSR count). The highest BCUT2D eigenvalue weighted by atomic mass is 32.1. The number of hydrogen-bond acceptors (Lipinski definition) is 4. The van der Waals surface area contributed by atoms with Gasteiger partial charge in [0.15, 0.2) is 5.11 Å². The van der Waals surface area contributed by atoms with Crippen molar-refractivity contribution in [3.8, 4) is 11.5 Å². The number of anilines is 1. The van der Waals surface area contributed by atoms with Crippen LogP contribution in [-0.4, -0.2) is 23.7 Å². The van der Waals surface area contributed by atoms with Crippen LogP contribution in [0.15, 0.2) is 48.5 Å². The maximum atomic E-state index is 12.6. The lowest BCUT2D eigenvalue weighted by atomic mass is 10.2. The van der Waals surface area contributed by atoms with Gasteiger partial charge in [-0.05, 0) is 56.8 Å². The molecule has 0 saturated heterocycles. The van der Waals surface area contributed by atoms with E-state index in [0.29, 0.717) is 17.9 Å². The van der Waals surface area contributed by atoms with Gasteiger partial charge in [0.1, 0.15) is 11.5 Å². The predicted octanol–water partition coefficient (Wildman–Crippen LogP) is 5.17. The van der Waals surface area contributed by atoms with Crippen LogP contribution in [0.3, 0.4) is 0 Å². The lowest BCUT2D eigenvalue weighted by Gasteiger charge is -2.14. The fraction of sp³-hybridized carbons (Fsp3) is 0.364. The fourth-order valence-electron chi connectivity index (χ4n) is 2.57. The number of carbonyl (C=O) groups is 1. The van der Waals surface area contributed by atoms with Crippen molar-refractivity contribution in [2.75, 3.05) is 11.9 Å². The van der Waals surface area contributed by atoms with E-state index < -0.39 is 0 Å². The zero-order valence-corrected chi connectivity index (χ0v) is 17.5. The molecule has 0 bridgehead atoms. The number of hydrogen-bond donors (Lipinski definition) is 2. The molecule has 2 aromatic rings. The van der Waals surface area contributed by atoms with Crippen molar-refractivity contribution in [2.24, 2.45) is 0 Å². The molecular formula is C22H28N2O3S. The van der Waals surface area contributed by atoms with E-state index in [4.69, 9.17) is 21.7 Å². The Labute approximate surface area is 172 Å². The van der Waals surface area contributed by atoms with Crippen molar-refractivity contribution in [3.63, 3.8) is 0 Å². The minimum absolute atomic E-state index is 0.0794. The molecule has 0 aliphatic heterocycles.